The van der Waals surface area contributed by atoms with Crippen LogP contribution in [0.1, 0.15) is 28.4 Å². The highest BCUT2D eigenvalue weighted by Crippen LogP contribution is 2.29. The van der Waals surface area contributed by atoms with Crippen molar-refractivity contribution in [2.45, 2.75) is 32.5 Å². The third kappa shape index (κ3) is 5.89. The Morgan fingerprint density at radius 3 is 2.69 bits per heavy atom. The van der Waals surface area contributed by atoms with Crippen LogP contribution in [0.4, 0.5) is 13.2 Å². The molecule has 0 atom stereocenters. The Labute approximate surface area is 201 Å². The maximum Gasteiger partial charge on any atom is 0.490 e. The number of carboxylic acid groups (broad SMARTS) is 1. The number of pyridine rings is 1. The molecule has 4 aromatic rings. The van der Waals surface area contributed by atoms with Gasteiger partial charge in [0.15, 0.2) is 0 Å². The van der Waals surface area contributed by atoms with Crippen molar-refractivity contribution in [3.8, 4) is 22.0 Å². The fourth-order valence-corrected chi connectivity index (χ4v) is 4.38. The predicted octanol–water partition coefficient (Wildman–Crippen LogP) is 4.43. The molecule has 1 aromatic carbocycles. The zero-order chi connectivity index (χ0) is 25.0. The second-order valence-corrected chi connectivity index (χ2v) is 8.51. The molecule has 0 amide bonds. The molecule has 1 aliphatic rings. The summed E-state index contributed by atoms with van der Waals surface area (Å²) in [7, 11) is 0. The van der Waals surface area contributed by atoms with E-state index < -0.39 is 12.1 Å². The number of carboxylic acids is 1. The van der Waals surface area contributed by atoms with Crippen molar-refractivity contribution in [1.29, 1.82) is 0 Å². The lowest BCUT2D eigenvalue weighted by Crippen LogP contribution is -2.24. The molecule has 0 saturated heterocycles. The first-order valence-corrected chi connectivity index (χ1v) is 11.4. The summed E-state index contributed by atoms with van der Waals surface area (Å²) in [6.07, 6.45) is -1.66. The molecule has 0 spiro atoms. The zero-order valence-corrected chi connectivity index (χ0v) is 19.3. The number of carbonyl (C=O) groups is 1. The molecular formula is C23H20F3N5O3S. The van der Waals surface area contributed by atoms with Crippen LogP contribution >= 0.6 is 11.3 Å². The Kier molecular flexibility index (Phi) is 7.22. The van der Waals surface area contributed by atoms with E-state index in [9.17, 15) is 13.2 Å². The molecule has 2 N–H and O–H groups in total. The molecule has 182 valence electrons. The smallest absolute Gasteiger partial charge is 0.475 e. The van der Waals surface area contributed by atoms with Gasteiger partial charge in [0.1, 0.15) is 5.01 Å². The molecule has 0 unspecified atom stereocenters. The Hall–Kier alpha value is -3.64. The molecule has 3 aromatic heterocycles. The number of nitrogens with zero attached hydrogens (tertiary/aromatic N) is 4. The highest BCUT2D eigenvalue weighted by atomic mass is 32.1. The van der Waals surface area contributed by atoms with Gasteiger partial charge in [-0.3, -0.25) is 4.98 Å². The molecule has 8 nitrogen and oxygen atoms in total. The van der Waals surface area contributed by atoms with Gasteiger partial charge < -0.3 is 14.9 Å². The molecule has 35 heavy (non-hydrogen) atoms. The van der Waals surface area contributed by atoms with Crippen LogP contribution in [0, 0.1) is 6.92 Å². The number of aliphatic carboxylic acids is 1. The van der Waals surface area contributed by atoms with E-state index >= 15 is 0 Å². The maximum atomic E-state index is 10.6. The normalized spacial score (nSPS) is 13.0. The van der Waals surface area contributed by atoms with Gasteiger partial charge >= 0.3 is 12.1 Å². The fourth-order valence-electron chi connectivity index (χ4n) is 3.55. The molecule has 4 heterocycles. The van der Waals surface area contributed by atoms with Crippen LogP contribution in [0.2, 0.25) is 0 Å². The number of aryl methyl sites for hydroxylation is 1. The van der Waals surface area contributed by atoms with E-state index in [0.29, 0.717) is 18.1 Å². The number of thiazole rings is 1. The van der Waals surface area contributed by atoms with Gasteiger partial charge in [-0.1, -0.05) is 35.5 Å². The van der Waals surface area contributed by atoms with Crippen molar-refractivity contribution in [2.24, 2.45) is 0 Å². The molecule has 1 aliphatic heterocycles. The van der Waals surface area contributed by atoms with Gasteiger partial charge in [-0.25, -0.2) is 9.78 Å². The minimum Gasteiger partial charge on any atom is -0.475 e. The SMILES string of the molecule is Cc1ncc2c(c1-c1noc(Cc3csc(-c4ccccc4)n3)n1)CCNC2.O=C(O)C(F)(F)F. The standard InChI is InChI=1S/C21H19N5OS.C2HF3O2/c1-13-19(17-7-8-22-10-15(17)11-23-13)20-25-18(27-26-20)9-16-12-28-21(24-16)14-5-3-2-4-6-14;3-2(4,5)1(6)7/h2-6,11-12,22H,7-10H2,1H3;(H,6,7). The van der Waals surface area contributed by atoms with E-state index in [4.69, 9.17) is 19.4 Å². The molecule has 0 aliphatic carbocycles. The summed E-state index contributed by atoms with van der Waals surface area (Å²) in [5, 5.41) is 17.8. The van der Waals surface area contributed by atoms with Crippen LogP contribution in [-0.4, -0.2) is 43.9 Å². The highest BCUT2D eigenvalue weighted by Gasteiger charge is 2.38. The van der Waals surface area contributed by atoms with Gasteiger partial charge in [0.2, 0.25) is 11.7 Å². The maximum absolute atomic E-state index is 10.6. The Morgan fingerprint density at radius 2 is 1.97 bits per heavy atom. The quantitative estimate of drug-likeness (QED) is 0.420. The van der Waals surface area contributed by atoms with Gasteiger partial charge in [0.05, 0.1) is 12.1 Å². The number of nitrogens with one attached hydrogen (secondary N) is 1. The summed E-state index contributed by atoms with van der Waals surface area (Å²) in [5.41, 5.74) is 6.50. The minimum absolute atomic E-state index is 0.527. The Balaban J connectivity index is 0.000000364. The molecule has 0 radical (unpaired) electrons. The number of alkyl halides is 3. The van der Waals surface area contributed by atoms with Gasteiger partial charge in [0.25, 0.3) is 0 Å². The highest BCUT2D eigenvalue weighted by molar-refractivity contribution is 7.13. The van der Waals surface area contributed by atoms with Gasteiger partial charge in [-0.15, -0.1) is 11.3 Å². The number of hydrogen-bond acceptors (Lipinski definition) is 8. The molecule has 0 fully saturated rings. The van der Waals surface area contributed by atoms with Gasteiger partial charge in [0, 0.05) is 34.9 Å². The fraction of sp³-hybridized carbons (Fsp3) is 0.261. The number of fused-ring (bicyclic) bond motifs is 1. The van der Waals surface area contributed by atoms with Gasteiger partial charge in [-0.2, -0.15) is 18.2 Å². The van der Waals surface area contributed by atoms with Crippen LogP contribution in [-0.2, 0) is 24.2 Å². The molecule has 12 heteroatoms. The average molecular weight is 504 g/mol. The zero-order valence-electron chi connectivity index (χ0n) is 18.5. The largest absolute Gasteiger partial charge is 0.490 e. The Morgan fingerprint density at radius 1 is 1.23 bits per heavy atom. The van der Waals surface area contributed by atoms with E-state index in [0.717, 1.165) is 47.0 Å². The number of benzene rings is 1. The van der Waals surface area contributed by atoms with Crippen LogP contribution in [0.5, 0.6) is 0 Å². The Bertz CT molecular complexity index is 1320. The van der Waals surface area contributed by atoms with Crippen LogP contribution < -0.4 is 5.32 Å². The summed E-state index contributed by atoms with van der Waals surface area (Å²) in [6, 6.07) is 10.2. The van der Waals surface area contributed by atoms with E-state index in [2.05, 4.69) is 38.0 Å². The summed E-state index contributed by atoms with van der Waals surface area (Å²) in [5.74, 6) is -1.56. The lowest BCUT2D eigenvalue weighted by Gasteiger charge is -2.19. The van der Waals surface area contributed by atoms with Crippen LogP contribution in [0.3, 0.4) is 0 Å². The third-order valence-electron chi connectivity index (χ3n) is 5.17. The van der Waals surface area contributed by atoms with E-state index in [1.165, 1.54) is 11.1 Å². The number of aromatic nitrogens is 4. The lowest BCUT2D eigenvalue weighted by atomic mass is 9.95. The second kappa shape index (κ2) is 10.3. The predicted molar refractivity (Wildman–Crippen MR) is 122 cm³/mol. The number of hydrogen-bond donors (Lipinski definition) is 2. The number of halogens is 3. The van der Waals surface area contributed by atoms with Crippen LogP contribution in [0.15, 0.2) is 46.4 Å². The summed E-state index contributed by atoms with van der Waals surface area (Å²) in [6.45, 7) is 3.79. The molecular weight excluding hydrogens is 483 g/mol. The lowest BCUT2D eigenvalue weighted by molar-refractivity contribution is -0.192. The first-order valence-electron chi connectivity index (χ1n) is 10.5. The van der Waals surface area contributed by atoms with E-state index in [1.54, 1.807) is 11.3 Å². The minimum atomic E-state index is -5.08. The van der Waals surface area contributed by atoms with Crippen molar-refractivity contribution < 1.29 is 27.6 Å². The molecule has 0 saturated carbocycles. The van der Waals surface area contributed by atoms with E-state index in [-0.39, 0.29) is 0 Å². The molecule has 5 rings (SSSR count). The van der Waals surface area contributed by atoms with Crippen molar-refractivity contribution >= 4 is 17.3 Å². The average Bonchev–Trinajstić information content (AvgIpc) is 3.49. The second-order valence-electron chi connectivity index (χ2n) is 7.65. The molecule has 0 bridgehead atoms. The van der Waals surface area contributed by atoms with Gasteiger partial charge in [-0.05, 0) is 31.0 Å². The summed E-state index contributed by atoms with van der Waals surface area (Å²) < 4.78 is 37.3. The van der Waals surface area contributed by atoms with Crippen molar-refractivity contribution in [2.75, 3.05) is 6.54 Å². The van der Waals surface area contributed by atoms with E-state index in [1.807, 2.05) is 31.3 Å². The van der Waals surface area contributed by atoms with Crippen molar-refractivity contribution in [1.82, 2.24) is 25.4 Å². The monoisotopic (exact) mass is 503 g/mol. The number of rotatable bonds is 4. The topological polar surface area (TPSA) is 114 Å². The summed E-state index contributed by atoms with van der Waals surface area (Å²) in [4.78, 5) is 22.8. The summed E-state index contributed by atoms with van der Waals surface area (Å²) >= 11 is 1.63. The van der Waals surface area contributed by atoms with Crippen molar-refractivity contribution in [3.63, 3.8) is 0 Å². The van der Waals surface area contributed by atoms with Crippen LogP contribution in [0.25, 0.3) is 22.0 Å². The first kappa shape index (κ1) is 24.5. The first-order chi connectivity index (χ1) is 16.7. The van der Waals surface area contributed by atoms with Crippen molar-refractivity contribution in [3.05, 3.63) is 70.3 Å². The third-order valence-corrected chi connectivity index (χ3v) is 6.11.